The van der Waals surface area contributed by atoms with Gasteiger partial charge < -0.3 is 14.7 Å². The van der Waals surface area contributed by atoms with Gasteiger partial charge in [-0.15, -0.1) is 11.3 Å². The van der Waals surface area contributed by atoms with Crippen molar-refractivity contribution in [1.82, 2.24) is 14.8 Å². The first-order valence-electron chi connectivity index (χ1n) is 7.06. The van der Waals surface area contributed by atoms with E-state index in [0.29, 0.717) is 31.9 Å². The Labute approximate surface area is 129 Å². The van der Waals surface area contributed by atoms with Crippen LogP contribution in [0.15, 0.2) is 5.38 Å². The van der Waals surface area contributed by atoms with Gasteiger partial charge in [0, 0.05) is 45.2 Å². The van der Waals surface area contributed by atoms with Crippen molar-refractivity contribution in [1.29, 1.82) is 0 Å². The minimum atomic E-state index is -0.698. The van der Waals surface area contributed by atoms with Crippen LogP contribution >= 0.6 is 11.3 Å². The van der Waals surface area contributed by atoms with Gasteiger partial charge in [0.15, 0.2) is 0 Å². The van der Waals surface area contributed by atoms with E-state index in [1.54, 1.807) is 26.3 Å². The van der Waals surface area contributed by atoms with Crippen molar-refractivity contribution >= 4 is 17.2 Å². The fourth-order valence-electron chi connectivity index (χ4n) is 2.42. The Morgan fingerprint density at radius 3 is 2.67 bits per heavy atom. The lowest BCUT2D eigenvalue weighted by atomic mass is 10.1. The van der Waals surface area contributed by atoms with E-state index in [1.165, 1.54) is 11.3 Å². The zero-order valence-electron chi connectivity index (χ0n) is 12.8. The molecule has 1 amide bonds. The minimum absolute atomic E-state index is 0.0171. The molecule has 0 aliphatic carbocycles. The maximum Gasteiger partial charge on any atom is 0.273 e. The molecule has 1 saturated heterocycles. The molecule has 1 aromatic heterocycles. The topological polar surface area (TPSA) is 65.9 Å². The van der Waals surface area contributed by atoms with Crippen LogP contribution in [0.4, 0.5) is 0 Å². The maximum absolute atomic E-state index is 12.4. The Balaban J connectivity index is 1.87. The van der Waals surface area contributed by atoms with E-state index < -0.39 is 5.60 Å². The molecule has 1 fully saturated rings. The maximum atomic E-state index is 12.4. The number of carbonyl (C=O) groups excluding carboxylic acids is 1. The third-order valence-corrected chi connectivity index (χ3v) is 4.13. The number of rotatable bonds is 5. The lowest BCUT2D eigenvalue weighted by Crippen LogP contribution is -2.52. The summed E-state index contributed by atoms with van der Waals surface area (Å²) in [5, 5.41) is 12.4. The molecule has 0 bridgehead atoms. The second kappa shape index (κ2) is 6.83. The van der Waals surface area contributed by atoms with Gasteiger partial charge in [-0.3, -0.25) is 9.69 Å². The summed E-state index contributed by atoms with van der Waals surface area (Å²) in [4.78, 5) is 20.7. The Bertz CT molecular complexity index is 476. The smallest absolute Gasteiger partial charge is 0.273 e. The first-order valence-corrected chi connectivity index (χ1v) is 7.94. The molecule has 1 aliphatic heterocycles. The van der Waals surface area contributed by atoms with E-state index >= 15 is 0 Å². The number of β-amino-alcohol motifs (C(OH)–C–C–N with tert-alkyl or cyclic N) is 1. The first kappa shape index (κ1) is 16.4. The summed E-state index contributed by atoms with van der Waals surface area (Å²) in [6, 6.07) is 0. The summed E-state index contributed by atoms with van der Waals surface area (Å²) in [7, 11) is 1.62. The van der Waals surface area contributed by atoms with E-state index in [0.717, 1.165) is 18.1 Å². The zero-order chi connectivity index (χ0) is 15.5. The number of hydrogen-bond acceptors (Lipinski definition) is 6. The Morgan fingerprint density at radius 2 is 2.10 bits per heavy atom. The molecule has 2 rings (SSSR count). The van der Waals surface area contributed by atoms with Crippen LogP contribution in [0.1, 0.15) is 29.3 Å². The van der Waals surface area contributed by atoms with Gasteiger partial charge in [-0.1, -0.05) is 0 Å². The average molecular weight is 313 g/mol. The van der Waals surface area contributed by atoms with Gasteiger partial charge in [-0.2, -0.15) is 0 Å². The Morgan fingerprint density at radius 1 is 1.43 bits per heavy atom. The molecule has 0 aromatic carbocycles. The molecule has 118 valence electrons. The molecule has 1 aliphatic rings. The summed E-state index contributed by atoms with van der Waals surface area (Å²) in [6.07, 6.45) is 0. The van der Waals surface area contributed by atoms with Crippen LogP contribution in [0.5, 0.6) is 0 Å². The Hall–Kier alpha value is -1.02. The second-order valence-corrected chi connectivity index (χ2v) is 6.88. The van der Waals surface area contributed by atoms with Crippen molar-refractivity contribution in [2.45, 2.75) is 26.1 Å². The van der Waals surface area contributed by atoms with Crippen molar-refractivity contribution in [3.8, 4) is 0 Å². The number of piperazine rings is 1. The molecule has 0 unspecified atom stereocenters. The van der Waals surface area contributed by atoms with E-state index in [4.69, 9.17) is 4.74 Å². The monoisotopic (exact) mass is 313 g/mol. The summed E-state index contributed by atoms with van der Waals surface area (Å²) in [5.74, 6) is -0.0171. The van der Waals surface area contributed by atoms with Crippen molar-refractivity contribution in [3.63, 3.8) is 0 Å². The SMILES string of the molecule is COCc1nc(C(=O)N2CCN(CC(C)(C)O)CC2)cs1. The van der Waals surface area contributed by atoms with Crippen LogP contribution in [-0.4, -0.2) is 71.2 Å². The molecular formula is C14H23N3O3S. The van der Waals surface area contributed by atoms with Gasteiger partial charge >= 0.3 is 0 Å². The van der Waals surface area contributed by atoms with Crippen LogP contribution in [-0.2, 0) is 11.3 Å². The van der Waals surface area contributed by atoms with Crippen molar-refractivity contribution in [2.24, 2.45) is 0 Å². The highest BCUT2D eigenvalue weighted by molar-refractivity contribution is 7.09. The minimum Gasteiger partial charge on any atom is -0.389 e. The molecule has 0 radical (unpaired) electrons. The summed E-state index contributed by atoms with van der Waals surface area (Å²) in [6.45, 7) is 7.59. The van der Waals surface area contributed by atoms with Gasteiger partial charge in [0.25, 0.3) is 5.91 Å². The number of aliphatic hydroxyl groups is 1. The first-order chi connectivity index (χ1) is 9.89. The molecule has 21 heavy (non-hydrogen) atoms. The van der Waals surface area contributed by atoms with Crippen LogP contribution in [0.3, 0.4) is 0 Å². The Kier molecular flexibility index (Phi) is 5.32. The highest BCUT2D eigenvalue weighted by Gasteiger charge is 2.26. The quantitative estimate of drug-likeness (QED) is 0.872. The molecule has 0 saturated carbocycles. The largest absolute Gasteiger partial charge is 0.389 e. The molecule has 2 heterocycles. The van der Waals surface area contributed by atoms with Gasteiger partial charge in [0.1, 0.15) is 10.7 Å². The number of nitrogens with zero attached hydrogens (tertiary/aromatic N) is 3. The van der Waals surface area contributed by atoms with Gasteiger partial charge in [0.05, 0.1) is 12.2 Å². The van der Waals surface area contributed by atoms with E-state index in [1.807, 2.05) is 4.90 Å². The summed E-state index contributed by atoms with van der Waals surface area (Å²) < 4.78 is 5.02. The normalized spacial score (nSPS) is 17.2. The highest BCUT2D eigenvalue weighted by atomic mass is 32.1. The lowest BCUT2D eigenvalue weighted by Gasteiger charge is -2.37. The predicted molar refractivity (Wildman–Crippen MR) is 81.5 cm³/mol. The predicted octanol–water partition coefficient (Wildman–Crippen LogP) is 0.818. The van der Waals surface area contributed by atoms with E-state index in [2.05, 4.69) is 9.88 Å². The van der Waals surface area contributed by atoms with Crippen LogP contribution < -0.4 is 0 Å². The number of aromatic nitrogens is 1. The van der Waals surface area contributed by atoms with Crippen molar-refractivity contribution < 1.29 is 14.6 Å². The van der Waals surface area contributed by atoms with Gasteiger partial charge in [-0.05, 0) is 13.8 Å². The lowest BCUT2D eigenvalue weighted by molar-refractivity contribution is 0.0177. The van der Waals surface area contributed by atoms with Crippen LogP contribution in [0.25, 0.3) is 0 Å². The van der Waals surface area contributed by atoms with E-state index in [9.17, 15) is 9.90 Å². The number of hydrogen-bond donors (Lipinski definition) is 1. The van der Waals surface area contributed by atoms with Gasteiger partial charge in [-0.25, -0.2) is 4.98 Å². The number of ether oxygens (including phenoxy) is 1. The number of thiazole rings is 1. The van der Waals surface area contributed by atoms with Gasteiger partial charge in [0.2, 0.25) is 0 Å². The molecule has 7 heteroatoms. The number of carbonyl (C=O) groups is 1. The molecule has 1 aromatic rings. The fourth-order valence-corrected chi connectivity index (χ4v) is 3.16. The van der Waals surface area contributed by atoms with Crippen molar-refractivity contribution in [2.75, 3.05) is 39.8 Å². The standard InChI is InChI=1S/C14H23N3O3S/c1-14(2,19)10-16-4-6-17(7-5-16)13(18)11-9-21-12(15-11)8-20-3/h9,19H,4-8,10H2,1-3H3. The van der Waals surface area contributed by atoms with Crippen LogP contribution in [0, 0.1) is 0 Å². The molecule has 0 spiro atoms. The molecule has 1 N–H and O–H groups in total. The summed E-state index contributed by atoms with van der Waals surface area (Å²) in [5.41, 5.74) is -0.196. The average Bonchev–Trinajstić information content (AvgIpc) is 2.86. The fraction of sp³-hybridized carbons (Fsp3) is 0.714. The molecular weight excluding hydrogens is 290 g/mol. The zero-order valence-corrected chi connectivity index (χ0v) is 13.7. The third kappa shape index (κ3) is 4.74. The van der Waals surface area contributed by atoms with E-state index in [-0.39, 0.29) is 5.91 Å². The van der Waals surface area contributed by atoms with Crippen molar-refractivity contribution in [3.05, 3.63) is 16.1 Å². The molecule has 0 atom stereocenters. The number of amides is 1. The second-order valence-electron chi connectivity index (χ2n) is 5.94. The van der Waals surface area contributed by atoms with Crippen LogP contribution in [0.2, 0.25) is 0 Å². The summed E-state index contributed by atoms with van der Waals surface area (Å²) >= 11 is 1.45. The highest BCUT2D eigenvalue weighted by Crippen LogP contribution is 2.15. The third-order valence-electron chi connectivity index (χ3n) is 3.31. The number of methoxy groups -OCH3 is 1. The molecule has 6 nitrogen and oxygen atoms in total.